The van der Waals surface area contributed by atoms with Crippen molar-refractivity contribution in [3.63, 3.8) is 0 Å². The van der Waals surface area contributed by atoms with E-state index >= 15 is 0 Å². The van der Waals surface area contributed by atoms with Crippen molar-refractivity contribution in [2.24, 2.45) is 5.41 Å². The van der Waals surface area contributed by atoms with Crippen molar-refractivity contribution in [2.75, 3.05) is 7.11 Å². The number of rotatable bonds is 5. The van der Waals surface area contributed by atoms with Crippen LogP contribution in [-0.2, 0) is 14.9 Å². The van der Waals surface area contributed by atoms with Crippen LogP contribution in [0.3, 0.4) is 0 Å². The van der Waals surface area contributed by atoms with Crippen molar-refractivity contribution < 1.29 is 23.9 Å². The highest BCUT2D eigenvalue weighted by Gasteiger charge is 2.51. The third-order valence-electron chi connectivity index (χ3n) is 7.95. The Bertz CT molecular complexity index is 1420. The number of benzene rings is 3. The van der Waals surface area contributed by atoms with Gasteiger partial charge in [0.1, 0.15) is 11.5 Å². The summed E-state index contributed by atoms with van der Waals surface area (Å²) >= 11 is 0. The number of allylic oxidation sites excluding steroid dienone is 1. The Morgan fingerprint density at radius 2 is 1.62 bits per heavy atom. The molecule has 0 N–H and O–H groups in total. The molecule has 5 heteroatoms. The highest BCUT2D eigenvalue weighted by atomic mass is 16.5. The average molecular weight is 495 g/mol. The van der Waals surface area contributed by atoms with Gasteiger partial charge in [0.2, 0.25) is 0 Å². The minimum Gasteiger partial charge on any atom is -0.468 e. The molecule has 188 valence electrons. The van der Waals surface area contributed by atoms with Crippen LogP contribution in [0.15, 0.2) is 84.4 Å². The summed E-state index contributed by atoms with van der Waals surface area (Å²) in [5.74, 6) is 0.588. The Hall–Kier alpha value is -3.99. The number of carbonyl (C=O) groups excluding carboxylic acids is 3. The predicted octanol–water partition coefficient (Wildman–Crippen LogP) is 6.84. The monoisotopic (exact) mass is 494 g/mol. The minimum absolute atomic E-state index is 0.0107. The zero-order chi connectivity index (χ0) is 26.2. The Morgan fingerprint density at radius 3 is 2.38 bits per heavy atom. The fraction of sp³-hybridized carbons (Fsp3) is 0.281. The number of hydrogen-bond donors (Lipinski definition) is 0. The summed E-state index contributed by atoms with van der Waals surface area (Å²) in [6.45, 7) is 4.02. The lowest BCUT2D eigenvalue weighted by molar-refractivity contribution is -0.151. The fourth-order valence-electron chi connectivity index (χ4n) is 6.05. The summed E-state index contributed by atoms with van der Waals surface area (Å²) in [4.78, 5) is 39.3. The molecule has 2 atom stereocenters. The number of ether oxygens (including phenoxy) is 2. The van der Waals surface area contributed by atoms with Gasteiger partial charge in [-0.3, -0.25) is 14.4 Å². The minimum atomic E-state index is -0.796. The van der Waals surface area contributed by atoms with Crippen LogP contribution >= 0.6 is 0 Å². The molecule has 0 saturated heterocycles. The van der Waals surface area contributed by atoms with E-state index < -0.39 is 10.8 Å². The molecule has 5 rings (SSSR count). The van der Waals surface area contributed by atoms with Crippen molar-refractivity contribution >= 4 is 17.5 Å². The smallest absolute Gasteiger partial charge is 0.315 e. The predicted molar refractivity (Wildman–Crippen MR) is 141 cm³/mol. The molecule has 1 fully saturated rings. The molecule has 3 aromatic carbocycles. The van der Waals surface area contributed by atoms with E-state index in [1.807, 2.05) is 49.4 Å². The van der Waals surface area contributed by atoms with E-state index in [1.54, 1.807) is 36.4 Å². The topological polar surface area (TPSA) is 69.7 Å². The lowest BCUT2D eigenvalue weighted by Gasteiger charge is -2.46. The molecule has 0 amide bonds. The van der Waals surface area contributed by atoms with Gasteiger partial charge in [-0.1, -0.05) is 61.9 Å². The molecule has 0 spiro atoms. The van der Waals surface area contributed by atoms with Crippen LogP contribution in [0.25, 0.3) is 0 Å². The zero-order valence-corrected chi connectivity index (χ0v) is 21.4. The van der Waals surface area contributed by atoms with E-state index in [9.17, 15) is 14.4 Å². The first kappa shape index (κ1) is 24.7. The van der Waals surface area contributed by atoms with Crippen molar-refractivity contribution in [3.8, 4) is 11.5 Å². The quantitative estimate of drug-likeness (QED) is 0.221. The molecule has 0 aliphatic heterocycles. The van der Waals surface area contributed by atoms with Gasteiger partial charge in [-0.25, -0.2) is 0 Å². The molecular weight excluding hydrogens is 464 g/mol. The standard InChI is InChI=1S/C32H30O5/c1-31-18-9-19-32(2,30(35)36-3)28(31)17-16-26(33)23-15-14-22(20-25(23)31)37-27-13-8-7-12-24(27)29(34)21-10-5-4-6-11-21/h4-8,10-15,17,20H,9,16,18-19H2,1-3H3/t31?,32-/m0/s1. The Kier molecular flexibility index (Phi) is 6.32. The summed E-state index contributed by atoms with van der Waals surface area (Å²) in [6.07, 6.45) is 4.48. The van der Waals surface area contributed by atoms with Crippen LogP contribution in [0.1, 0.15) is 71.4 Å². The Balaban J connectivity index is 1.56. The molecule has 0 bridgehead atoms. The molecule has 1 saturated carbocycles. The summed E-state index contributed by atoms with van der Waals surface area (Å²) in [5, 5.41) is 0. The van der Waals surface area contributed by atoms with Gasteiger partial charge in [0, 0.05) is 23.0 Å². The lowest BCUT2D eigenvalue weighted by atomic mass is 9.57. The fourth-order valence-corrected chi connectivity index (χ4v) is 6.05. The highest BCUT2D eigenvalue weighted by molar-refractivity contribution is 6.10. The largest absolute Gasteiger partial charge is 0.468 e. The summed E-state index contributed by atoms with van der Waals surface area (Å²) < 4.78 is 11.5. The number of hydrogen-bond acceptors (Lipinski definition) is 5. The maximum absolute atomic E-state index is 13.2. The summed E-state index contributed by atoms with van der Waals surface area (Å²) in [5.41, 5.74) is 2.14. The first-order valence-electron chi connectivity index (χ1n) is 12.6. The number of Topliss-reactive ketones (excluding diaryl/α,β-unsaturated/α-hetero) is 1. The first-order chi connectivity index (χ1) is 17.8. The van der Waals surface area contributed by atoms with E-state index in [1.165, 1.54) is 7.11 Å². The van der Waals surface area contributed by atoms with Gasteiger partial charge < -0.3 is 9.47 Å². The van der Waals surface area contributed by atoms with Gasteiger partial charge in [0.05, 0.1) is 18.1 Å². The van der Waals surface area contributed by atoms with Crippen molar-refractivity contribution in [1.29, 1.82) is 0 Å². The van der Waals surface area contributed by atoms with Gasteiger partial charge in [0.25, 0.3) is 0 Å². The van der Waals surface area contributed by atoms with Crippen LogP contribution < -0.4 is 4.74 Å². The normalized spacial score (nSPS) is 22.7. The highest BCUT2D eigenvalue weighted by Crippen LogP contribution is 2.55. The van der Waals surface area contributed by atoms with E-state index in [4.69, 9.17) is 9.47 Å². The number of methoxy groups -OCH3 is 1. The van der Waals surface area contributed by atoms with Gasteiger partial charge in [0.15, 0.2) is 11.6 Å². The average Bonchev–Trinajstić information content (AvgIpc) is 3.03. The van der Waals surface area contributed by atoms with Crippen LogP contribution in [0.2, 0.25) is 0 Å². The third-order valence-corrected chi connectivity index (χ3v) is 7.95. The van der Waals surface area contributed by atoms with Crippen LogP contribution in [-0.4, -0.2) is 24.6 Å². The Labute approximate surface area is 217 Å². The molecule has 0 heterocycles. The summed E-state index contributed by atoms with van der Waals surface area (Å²) in [7, 11) is 1.41. The van der Waals surface area contributed by atoms with Crippen LogP contribution in [0, 0.1) is 5.41 Å². The number of esters is 1. The lowest BCUT2D eigenvalue weighted by Crippen LogP contribution is -2.44. The second-order valence-electron chi connectivity index (χ2n) is 10.3. The molecule has 0 aromatic heterocycles. The molecular formula is C32H30O5. The van der Waals surface area contributed by atoms with Crippen molar-refractivity contribution in [3.05, 3.63) is 107 Å². The van der Waals surface area contributed by atoms with Crippen molar-refractivity contribution in [1.82, 2.24) is 0 Å². The van der Waals surface area contributed by atoms with Gasteiger partial charge in [-0.15, -0.1) is 0 Å². The maximum Gasteiger partial charge on any atom is 0.315 e. The number of carbonyl (C=O) groups is 3. The number of fused-ring (bicyclic) bond motifs is 3. The summed E-state index contributed by atoms with van der Waals surface area (Å²) in [6, 6.07) is 21.7. The first-order valence-corrected chi connectivity index (χ1v) is 12.6. The molecule has 37 heavy (non-hydrogen) atoms. The van der Waals surface area contributed by atoms with Crippen LogP contribution in [0.5, 0.6) is 11.5 Å². The number of para-hydroxylation sites is 1. The second-order valence-corrected chi connectivity index (χ2v) is 10.3. The third kappa shape index (κ3) is 4.18. The molecule has 2 aliphatic carbocycles. The Morgan fingerprint density at radius 1 is 0.892 bits per heavy atom. The number of ketones is 2. The van der Waals surface area contributed by atoms with Gasteiger partial charge in [-0.2, -0.15) is 0 Å². The van der Waals surface area contributed by atoms with E-state index in [2.05, 4.69) is 6.92 Å². The van der Waals surface area contributed by atoms with Gasteiger partial charge in [-0.05, 0) is 61.2 Å². The molecule has 5 nitrogen and oxygen atoms in total. The zero-order valence-electron chi connectivity index (χ0n) is 21.4. The van der Waals surface area contributed by atoms with Crippen LogP contribution in [0.4, 0.5) is 0 Å². The molecule has 3 aromatic rings. The SMILES string of the molecule is COC(=O)[C@@]1(C)CCCC2(C)C1=CCC(=O)c1ccc(Oc3ccccc3C(=O)c3ccccc3)cc12. The van der Waals surface area contributed by atoms with E-state index in [0.29, 0.717) is 34.6 Å². The van der Waals surface area contributed by atoms with Gasteiger partial charge >= 0.3 is 5.97 Å². The van der Waals surface area contributed by atoms with E-state index in [0.717, 1.165) is 24.0 Å². The molecule has 2 aliphatic rings. The maximum atomic E-state index is 13.2. The second kappa shape index (κ2) is 9.47. The molecule has 0 radical (unpaired) electrons. The van der Waals surface area contributed by atoms with E-state index in [-0.39, 0.29) is 24.0 Å². The van der Waals surface area contributed by atoms with Crippen molar-refractivity contribution in [2.45, 2.75) is 44.9 Å². The molecule has 1 unspecified atom stereocenters.